The van der Waals surface area contributed by atoms with Crippen LogP contribution in [0.5, 0.6) is 0 Å². The van der Waals surface area contributed by atoms with Crippen LogP contribution in [-0.4, -0.2) is 30.6 Å². The van der Waals surface area contributed by atoms with Crippen molar-refractivity contribution in [3.05, 3.63) is 34.1 Å². The second kappa shape index (κ2) is 6.64. The number of nitrogens with one attached hydrogen (secondary N) is 1. The summed E-state index contributed by atoms with van der Waals surface area (Å²) in [7, 11) is 2.00. The van der Waals surface area contributed by atoms with E-state index in [1.165, 1.54) is 6.07 Å². The Morgan fingerprint density at radius 1 is 1.33 bits per heavy atom. The SMILES string of the molecule is CN(CCNC(C)(C)C)Cc1cc(Br)ccc1F. The van der Waals surface area contributed by atoms with Gasteiger partial charge in [-0.1, -0.05) is 15.9 Å². The highest BCUT2D eigenvalue weighted by atomic mass is 79.9. The second-order valence-corrected chi connectivity index (χ2v) is 6.57. The van der Waals surface area contributed by atoms with Crippen molar-refractivity contribution >= 4 is 15.9 Å². The zero-order valence-corrected chi connectivity index (χ0v) is 13.1. The summed E-state index contributed by atoms with van der Waals surface area (Å²) in [5, 5.41) is 3.42. The van der Waals surface area contributed by atoms with Crippen molar-refractivity contribution in [3.63, 3.8) is 0 Å². The molecule has 1 aromatic carbocycles. The first-order valence-electron chi connectivity index (χ1n) is 6.15. The molecular formula is C14H22BrFN2. The minimum atomic E-state index is -0.145. The van der Waals surface area contributed by atoms with E-state index in [0.717, 1.165) is 23.1 Å². The fourth-order valence-corrected chi connectivity index (χ4v) is 2.06. The number of likely N-dealkylation sites (N-methyl/N-ethyl adjacent to an activating group) is 1. The van der Waals surface area contributed by atoms with E-state index in [1.54, 1.807) is 6.07 Å². The van der Waals surface area contributed by atoms with Gasteiger partial charge in [0.25, 0.3) is 0 Å². The van der Waals surface area contributed by atoms with Gasteiger partial charge in [0.15, 0.2) is 0 Å². The Bertz CT molecular complexity index is 388. The van der Waals surface area contributed by atoms with Gasteiger partial charge in [-0.05, 0) is 46.0 Å². The molecule has 0 saturated heterocycles. The summed E-state index contributed by atoms with van der Waals surface area (Å²) in [5.41, 5.74) is 0.852. The minimum Gasteiger partial charge on any atom is -0.311 e. The Morgan fingerprint density at radius 2 is 2.00 bits per heavy atom. The fourth-order valence-electron chi connectivity index (χ4n) is 1.66. The maximum atomic E-state index is 13.6. The maximum Gasteiger partial charge on any atom is 0.127 e. The van der Waals surface area contributed by atoms with Crippen LogP contribution < -0.4 is 5.32 Å². The summed E-state index contributed by atoms with van der Waals surface area (Å²) in [6.45, 7) is 8.83. The Hall–Kier alpha value is -0.450. The predicted molar refractivity (Wildman–Crippen MR) is 78.2 cm³/mol. The summed E-state index contributed by atoms with van der Waals surface area (Å²) in [5.74, 6) is -0.145. The standard InChI is InChI=1S/C14H22BrFN2/c1-14(2,3)17-7-8-18(4)10-11-9-12(15)5-6-13(11)16/h5-6,9,17H,7-8,10H2,1-4H3. The molecule has 0 heterocycles. The van der Waals surface area contributed by atoms with Crippen LogP contribution in [0, 0.1) is 5.82 Å². The summed E-state index contributed by atoms with van der Waals surface area (Å²) < 4.78 is 14.5. The van der Waals surface area contributed by atoms with Crippen LogP contribution in [-0.2, 0) is 6.54 Å². The Kier molecular flexibility index (Phi) is 5.76. The molecule has 0 radical (unpaired) electrons. The highest BCUT2D eigenvalue weighted by Crippen LogP contribution is 2.16. The van der Waals surface area contributed by atoms with Crippen LogP contribution in [0.2, 0.25) is 0 Å². The lowest BCUT2D eigenvalue weighted by Crippen LogP contribution is -2.40. The number of halogens is 2. The van der Waals surface area contributed by atoms with Gasteiger partial charge in [-0.15, -0.1) is 0 Å². The van der Waals surface area contributed by atoms with Gasteiger partial charge >= 0.3 is 0 Å². The van der Waals surface area contributed by atoms with Crippen LogP contribution in [0.25, 0.3) is 0 Å². The molecule has 0 unspecified atom stereocenters. The molecule has 0 fully saturated rings. The third-order valence-electron chi connectivity index (χ3n) is 2.60. The van der Waals surface area contributed by atoms with Crippen molar-refractivity contribution in [2.45, 2.75) is 32.9 Å². The first-order chi connectivity index (χ1) is 8.28. The van der Waals surface area contributed by atoms with E-state index >= 15 is 0 Å². The van der Waals surface area contributed by atoms with Crippen molar-refractivity contribution in [3.8, 4) is 0 Å². The van der Waals surface area contributed by atoms with Gasteiger partial charge in [0.1, 0.15) is 5.82 Å². The minimum absolute atomic E-state index is 0.127. The molecule has 2 nitrogen and oxygen atoms in total. The molecule has 18 heavy (non-hydrogen) atoms. The monoisotopic (exact) mass is 316 g/mol. The predicted octanol–water partition coefficient (Wildman–Crippen LogP) is 3.41. The van der Waals surface area contributed by atoms with Gasteiger partial charge in [0, 0.05) is 35.2 Å². The lowest BCUT2D eigenvalue weighted by atomic mass is 10.1. The lowest BCUT2D eigenvalue weighted by Gasteiger charge is -2.23. The van der Waals surface area contributed by atoms with Gasteiger partial charge in [0.2, 0.25) is 0 Å². The highest BCUT2D eigenvalue weighted by molar-refractivity contribution is 9.10. The van der Waals surface area contributed by atoms with Crippen molar-refractivity contribution in [1.82, 2.24) is 10.2 Å². The smallest absolute Gasteiger partial charge is 0.127 e. The van der Waals surface area contributed by atoms with Crippen molar-refractivity contribution < 1.29 is 4.39 Å². The molecule has 1 rings (SSSR count). The van der Waals surface area contributed by atoms with E-state index in [1.807, 2.05) is 13.1 Å². The molecule has 1 N–H and O–H groups in total. The maximum absolute atomic E-state index is 13.6. The first kappa shape index (κ1) is 15.6. The fraction of sp³-hybridized carbons (Fsp3) is 0.571. The molecule has 0 spiro atoms. The number of nitrogens with zero attached hydrogens (tertiary/aromatic N) is 1. The van der Waals surface area contributed by atoms with Crippen LogP contribution in [0.15, 0.2) is 22.7 Å². The van der Waals surface area contributed by atoms with Gasteiger partial charge in [-0.25, -0.2) is 4.39 Å². The average molecular weight is 317 g/mol. The quantitative estimate of drug-likeness (QED) is 0.895. The third kappa shape index (κ3) is 5.94. The summed E-state index contributed by atoms with van der Waals surface area (Å²) >= 11 is 3.37. The topological polar surface area (TPSA) is 15.3 Å². The van der Waals surface area contributed by atoms with E-state index in [-0.39, 0.29) is 11.4 Å². The summed E-state index contributed by atoms with van der Waals surface area (Å²) in [6.07, 6.45) is 0. The van der Waals surface area contributed by atoms with Crippen molar-refractivity contribution in [1.29, 1.82) is 0 Å². The Balaban J connectivity index is 2.44. The number of hydrogen-bond acceptors (Lipinski definition) is 2. The number of benzene rings is 1. The van der Waals surface area contributed by atoms with Gasteiger partial charge < -0.3 is 10.2 Å². The summed E-state index contributed by atoms with van der Waals surface area (Å²) in [4.78, 5) is 2.11. The van der Waals surface area contributed by atoms with Gasteiger partial charge in [0.05, 0.1) is 0 Å². The first-order valence-corrected chi connectivity index (χ1v) is 6.95. The largest absolute Gasteiger partial charge is 0.311 e. The molecule has 0 aliphatic heterocycles. The molecule has 0 aromatic heterocycles. The molecule has 0 amide bonds. The normalized spacial score (nSPS) is 12.2. The molecule has 102 valence electrons. The molecule has 0 aliphatic rings. The zero-order valence-electron chi connectivity index (χ0n) is 11.6. The van der Waals surface area contributed by atoms with E-state index < -0.39 is 0 Å². The van der Waals surface area contributed by atoms with E-state index in [9.17, 15) is 4.39 Å². The molecule has 0 atom stereocenters. The molecule has 1 aromatic rings. The van der Waals surface area contributed by atoms with Crippen LogP contribution in [0.4, 0.5) is 4.39 Å². The van der Waals surface area contributed by atoms with E-state index in [4.69, 9.17) is 0 Å². The van der Waals surface area contributed by atoms with Gasteiger partial charge in [-0.3, -0.25) is 0 Å². The molecule has 4 heteroatoms. The molecular weight excluding hydrogens is 295 g/mol. The van der Waals surface area contributed by atoms with Crippen molar-refractivity contribution in [2.24, 2.45) is 0 Å². The number of rotatable bonds is 5. The Morgan fingerprint density at radius 3 is 2.61 bits per heavy atom. The lowest BCUT2D eigenvalue weighted by molar-refractivity contribution is 0.299. The van der Waals surface area contributed by atoms with Crippen LogP contribution >= 0.6 is 15.9 Å². The average Bonchev–Trinajstić information content (AvgIpc) is 2.21. The van der Waals surface area contributed by atoms with Crippen LogP contribution in [0.3, 0.4) is 0 Å². The second-order valence-electron chi connectivity index (χ2n) is 5.65. The highest BCUT2D eigenvalue weighted by Gasteiger charge is 2.10. The molecule has 0 bridgehead atoms. The zero-order chi connectivity index (χ0) is 13.8. The third-order valence-corrected chi connectivity index (χ3v) is 3.09. The summed E-state index contributed by atoms with van der Waals surface area (Å²) in [6, 6.07) is 5.06. The van der Waals surface area contributed by atoms with E-state index in [2.05, 4.69) is 46.9 Å². The Labute approximate surface area is 118 Å². The van der Waals surface area contributed by atoms with E-state index in [0.29, 0.717) is 6.54 Å². The molecule has 0 aliphatic carbocycles. The van der Waals surface area contributed by atoms with Gasteiger partial charge in [-0.2, -0.15) is 0 Å². The molecule has 0 saturated carbocycles. The van der Waals surface area contributed by atoms with Crippen LogP contribution in [0.1, 0.15) is 26.3 Å². The number of hydrogen-bond donors (Lipinski definition) is 1. The van der Waals surface area contributed by atoms with Crippen molar-refractivity contribution in [2.75, 3.05) is 20.1 Å².